The van der Waals surface area contributed by atoms with E-state index in [9.17, 15) is 9.90 Å². The zero-order valence-electron chi connectivity index (χ0n) is 11.3. The summed E-state index contributed by atoms with van der Waals surface area (Å²) in [6.07, 6.45) is 0. The minimum absolute atomic E-state index is 0.0668. The van der Waals surface area contributed by atoms with Gasteiger partial charge in [-0.05, 0) is 25.1 Å². The first kappa shape index (κ1) is 17.0. The highest BCUT2D eigenvalue weighted by atomic mass is 35.5. The molecule has 0 aliphatic rings. The molecule has 0 aliphatic heterocycles. The van der Waals surface area contributed by atoms with Gasteiger partial charge in [0.1, 0.15) is 11.4 Å². The summed E-state index contributed by atoms with van der Waals surface area (Å²) in [5.74, 6) is 0.00210. The number of aliphatic hydroxyl groups is 1. The highest BCUT2D eigenvalue weighted by Crippen LogP contribution is 2.27. The van der Waals surface area contributed by atoms with Crippen molar-refractivity contribution in [2.45, 2.75) is 12.5 Å². The van der Waals surface area contributed by atoms with Gasteiger partial charge in [-0.1, -0.05) is 23.2 Å². The molecule has 0 aliphatic carbocycles. The first-order valence-electron chi connectivity index (χ1n) is 5.90. The summed E-state index contributed by atoms with van der Waals surface area (Å²) >= 11 is 11.7. The van der Waals surface area contributed by atoms with Crippen LogP contribution in [0.25, 0.3) is 0 Å². The molecule has 0 bridgehead atoms. The van der Waals surface area contributed by atoms with Crippen molar-refractivity contribution in [3.8, 4) is 5.75 Å². The number of carbonyl (C=O) groups is 1. The van der Waals surface area contributed by atoms with Crippen LogP contribution in [0.5, 0.6) is 5.75 Å². The van der Waals surface area contributed by atoms with Gasteiger partial charge in [0.15, 0.2) is 6.61 Å². The van der Waals surface area contributed by atoms with Crippen LogP contribution in [0, 0.1) is 0 Å². The summed E-state index contributed by atoms with van der Waals surface area (Å²) < 4.78 is 10.1. The van der Waals surface area contributed by atoms with Crippen LogP contribution in [0.3, 0.4) is 0 Å². The molecule has 20 heavy (non-hydrogen) atoms. The normalized spacial score (nSPS) is 13.7. The third kappa shape index (κ3) is 5.96. The fraction of sp³-hybridized carbons (Fsp3) is 0.462. The third-order valence-corrected chi connectivity index (χ3v) is 2.90. The molecule has 0 spiro atoms. The van der Waals surface area contributed by atoms with Crippen LogP contribution in [0.1, 0.15) is 6.92 Å². The number of benzene rings is 1. The molecule has 1 atom stereocenters. The summed E-state index contributed by atoms with van der Waals surface area (Å²) in [5.41, 5.74) is -1.12. The van der Waals surface area contributed by atoms with E-state index in [1.54, 1.807) is 19.1 Å². The van der Waals surface area contributed by atoms with E-state index in [1.165, 1.54) is 13.2 Å². The Balaban J connectivity index is 2.40. The van der Waals surface area contributed by atoms with Gasteiger partial charge in [0.05, 0.1) is 11.6 Å². The minimum atomic E-state index is -1.12. The Hall–Kier alpha value is -1.01. The van der Waals surface area contributed by atoms with Gasteiger partial charge in [-0.25, -0.2) is 0 Å². The Morgan fingerprint density at radius 2 is 2.15 bits per heavy atom. The second kappa shape index (κ2) is 7.69. The molecule has 0 aromatic heterocycles. The predicted octanol–water partition coefficient (Wildman–Crippen LogP) is 1.89. The number of methoxy groups -OCH3 is 1. The van der Waals surface area contributed by atoms with E-state index in [-0.39, 0.29) is 25.7 Å². The second-order valence-corrected chi connectivity index (χ2v) is 5.41. The van der Waals surface area contributed by atoms with Crippen molar-refractivity contribution < 1.29 is 19.4 Å². The topological polar surface area (TPSA) is 67.8 Å². The molecule has 1 aromatic carbocycles. The molecule has 0 fully saturated rings. The number of hydrogen-bond acceptors (Lipinski definition) is 4. The fourth-order valence-corrected chi connectivity index (χ4v) is 1.90. The number of ether oxygens (including phenoxy) is 2. The summed E-state index contributed by atoms with van der Waals surface area (Å²) in [6, 6.07) is 4.73. The van der Waals surface area contributed by atoms with E-state index in [2.05, 4.69) is 5.32 Å². The van der Waals surface area contributed by atoms with Crippen molar-refractivity contribution in [1.82, 2.24) is 5.32 Å². The van der Waals surface area contributed by atoms with Crippen LogP contribution < -0.4 is 10.1 Å². The summed E-state index contributed by atoms with van der Waals surface area (Å²) in [7, 11) is 1.47. The molecule has 0 saturated heterocycles. The molecule has 1 rings (SSSR count). The maximum absolute atomic E-state index is 11.6. The molecule has 7 heteroatoms. The van der Waals surface area contributed by atoms with Gasteiger partial charge in [-0.3, -0.25) is 4.79 Å². The molecule has 112 valence electrons. The van der Waals surface area contributed by atoms with Crippen LogP contribution >= 0.6 is 23.2 Å². The van der Waals surface area contributed by atoms with Gasteiger partial charge in [0, 0.05) is 18.7 Å². The molecule has 0 heterocycles. The molecule has 1 aromatic rings. The number of rotatable bonds is 7. The standard InChI is InChI=1S/C13H17Cl2NO4/c1-13(18,8-19-2)7-16-12(17)6-20-11-4-3-9(14)5-10(11)15/h3-5,18H,6-8H2,1-2H3,(H,16,17). The second-order valence-electron chi connectivity index (χ2n) is 4.57. The van der Waals surface area contributed by atoms with E-state index in [4.69, 9.17) is 32.7 Å². The lowest BCUT2D eigenvalue weighted by molar-refractivity contribution is -0.124. The van der Waals surface area contributed by atoms with Gasteiger partial charge in [0.25, 0.3) is 5.91 Å². The maximum Gasteiger partial charge on any atom is 0.258 e. The number of hydrogen-bond donors (Lipinski definition) is 2. The van der Waals surface area contributed by atoms with Gasteiger partial charge in [-0.15, -0.1) is 0 Å². The molecular weight excluding hydrogens is 305 g/mol. The van der Waals surface area contributed by atoms with Crippen LogP contribution in [-0.4, -0.2) is 43.5 Å². The smallest absolute Gasteiger partial charge is 0.258 e. The van der Waals surface area contributed by atoms with E-state index >= 15 is 0 Å². The molecule has 0 saturated carbocycles. The number of halogens is 2. The summed E-state index contributed by atoms with van der Waals surface area (Å²) in [6.45, 7) is 1.55. The van der Waals surface area contributed by atoms with Gasteiger partial charge >= 0.3 is 0 Å². The van der Waals surface area contributed by atoms with Gasteiger partial charge in [-0.2, -0.15) is 0 Å². The largest absolute Gasteiger partial charge is 0.482 e. The summed E-state index contributed by atoms with van der Waals surface area (Å²) in [4.78, 5) is 11.6. The lowest BCUT2D eigenvalue weighted by Crippen LogP contribution is -2.45. The van der Waals surface area contributed by atoms with E-state index in [0.717, 1.165) is 0 Å². The Labute approximate surface area is 127 Å². The van der Waals surface area contributed by atoms with Crippen LogP contribution in [0.2, 0.25) is 10.0 Å². The van der Waals surface area contributed by atoms with Crippen molar-refractivity contribution >= 4 is 29.1 Å². The first-order chi connectivity index (χ1) is 9.34. The lowest BCUT2D eigenvalue weighted by Gasteiger charge is -2.22. The Bertz CT molecular complexity index is 466. The van der Waals surface area contributed by atoms with Gasteiger partial charge < -0.3 is 19.9 Å². The SMILES string of the molecule is COCC(C)(O)CNC(=O)COc1ccc(Cl)cc1Cl. The quantitative estimate of drug-likeness (QED) is 0.804. The average molecular weight is 322 g/mol. The molecule has 0 radical (unpaired) electrons. The van der Waals surface area contributed by atoms with Crippen molar-refractivity contribution in [2.75, 3.05) is 26.9 Å². The highest BCUT2D eigenvalue weighted by Gasteiger charge is 2.21. The van der Waals surface area contributed by atoms with E-state index < -0.39 is 5.60 Å². The van der Waals surface area contributed by atoms with E-state index in [1.807, 2.05) is 0 Å². The van der Waals surface area contributed by atoms with Crippen LogP contribution in [-0.2, 0) is 9.53 Å². The molecule has 1 amide bonds. The highest BCUT2D eigenvalue weighted by molar-refractivity contribution is 6.35. The number of amides is 1. The van der Waals surface area contributed by atoms with Crippen molar-refractivity contribution in [3.05, 3.63) is 28.2 Å². The number of carbonyl (C=O) groups excluding carboxylic acids is 1. The molecule has 1 unspecified atom stereocenters. The molecule has 5 nitrogen and oxygen atoms in total. The van der Waals surface area contributed by atoms with Gasteiger partial charge in [0.2, 0.25) is 0 Å². The Kier molecular flexibility index (Phi) is 6.55. The molecule has 2 N–H and O–H groups in total. The monoisotopic (exact) mass is 321 g/mol. The minimum Gasteiger partial charge on any atom is -0.482 e. The summed E-state index contributed by atoms with van der Waals surface area (Å²) in [5, 5.41) is 13.2. The predicted molar refractivity (Wildman–Crippen MR) is 77.5 cm³/mol. The Morgan fingerprint density at radius 1 is 1.45 bits per heavy atom. The van der Waals surface area contributed by atoms with Crippen molar-refractivity contribution in [2.24, 2.45) is 0 Å². The van der Waals surface area contributed by atoms with E-state index in [0.29, 0.717) is 15.8 Å². The average Bonchev–Trinajstić information content (AvgIpc) is 2.35. The van der Waals surface area contributed by atoms with Crippen molar-refractivity contribution in [3.63, 3.8) is 0 Å². The molecular formula is C13H17Cl2NO4. The number of nitrogens with one attached hydrogen (secondary N) is 1. The lowest BCUT2D eigenvalue weighted by atomic mass is 10.1. The first-order valence-corrected chi connectivity index (χ1v) is 6.65. The maximum atomic E-state index is 11.6. The van der Waals surface area contributed by atoms with Crippen LogP contribution in [0.15, 0.2) is 18.2 Å². The zero-order valence-corrected chi connectivity index (χ0v) is 12.8. The Morgan fingerprint density at radius 3 is 2.75 bits per heavy atom. The fourth-order valence-electron chi connectivity index (χ4n) is 1.44. The third-order valence-electron chi connectivity index (χ3n) is 2.37. The zero-order chi connectivity index (χ0) is 15.2. The van der Waals surface area contributed by atoms with Crippen molar-refractivity contribution in [1.29, 1.82) is 0 Å². The van der Waals surface area contributed by atoms with Crippen LogP contribution in [0.4, 0.5) is 0 Å².